The SMILES string of the molecule is C[N+](C)(C)CCOCCOP(=O)(O)O. The Labute approximate surface area is 84.3 Å². The molecule has 0 unspecified atom stereocenters. The number of quaternary nitrogens is 1. The zero-order valence-corrected chi connectivity index (χ0v) is 9.74. The summed E-state index contributed by atoms with van der Waals surface area (Å²) in [4.78, 5) is 16.7. The van der Waals surface area contributed by atoms with Gasteiger partial charge in [0, 0.05) is 0 Å². The highest BCUT2D eigenvalue weighted by molar-refractivity contribution is 7.46. The van der Waals surface area contributed by atoms with Gasteiger partial charge in [0.05, 0.1) is 41.0 Å². The molecule has 0 saturated heterocycles. The molecule has 0 aliphatic rings. The number of ether oxygens (including phenoxy) is 1. The van der Waals surface area contributed by atoms with E-state index in [1.165, 1.54) is 0 Å². The van der Waals surface area contributed by atoms with Crippen LogP contribution in [-0.4, -0.2) is 61.8 Å². The molecule has 0 amide bonds. The van der Waals surface area contributed by atoms with Crippen LogP contribution in [0.4, 0.5) is 0 Å². The van der Waals surface area contributed by atoms with Gasteiger partial charge in [0.2, 0.25) is 0 Å². The van der Waals surface area contributed by atoms with Crippen molar-refractivity contribution < 1.29 is 28.1 Å². The highest BCUT2D eigenvalue weighted by atomic mass is 31.2. The summed E-state index contributed by atoms with van der Waals surface area (Å²) in [6.07, 6.45) is 0. The molecule has 0 aliphatic heterocycles. The largest absolute Gasteiger partial charge is 0.469 e. The molecule has 86 valence electrons. The van der Waals surface area contributed by atoms with E-state index in [4.69, 9.17) is 14.5 Å². The molecule has 0 aromatic carbocycles. The first-order valence-electron chi connectivity index (χ1n) is 4.29. The van der Waals surface area contributed by atoms with Crippen molar-refractivity contribution in [2.45, 2.75) is 0 Å². The van der Waals surface area contributed by atoms with Gasteiger partial charge in [0.15, 0.2) is 0 Å². The van der Waals surface area contributed by atoms with Crippen molar-refractivity contribution in [1.29, 1.82) is 0 Å². The molecule has 14 heavy (non-hydrogen) atoms. The van der Waals surface area contributed by atoms with Crippen molar-refractivity contribution in [3.05, 3.63) is 0 Å². The minimum atomic E-state index is -4.33. The molecule has 0 aromatic heterocycles. The second kappa shape index (κ2) is 5.80. The van der Waals surface area contributed by atoms with Crippen LogP contribution in [0.15, 0.2) is 0 Å². The van der Waals surface area contributed by atoms with E-state index >= 15 is 0 Å². The number of likely N-dealkylation sites (N-methyl/N-ethyl adjacent to an activating group) is 1. The fraction of sp³-hybridized carbons (Fsp3) is 1.00. The van der Waals surface area contributed by atoms with Gasteiger partial charge in [0.1, 0.15) is 6.54 Å². The third-order valence-electron chi connectivity index (χ3n) is 1.39. The maximum atomic E-state index is 10.2. The van der Waals surface area contributed by atoms with Crippen LogP contribution < -0.4 is 0 Å². The summed E-state index contributed by atoms with van der Waals surface area (Å²) in [5, 5.41) is 0. The highest BCUT2D eigenvalue weighted by Gasteiger charge is 2.12. The predicted molar refractivity (Wildman–Crippen MR) is 51.7 cm³/mol. The molecule has 0 bridgehead atoms. The summed E-state index contributed by atoms with van der Waals surface area (Å²) in [7, 11) is 1.78. The molecule has 0 atom stereocenters. The zero-order chi connectivity index (χ0) is 11.2. The van der Waals surface area contributed by atoms with Crippen LogP contribution >= 0.6 is 7.82 Å². The molecule has 0 saturated carbocycles. The Bertz CT molecular complexity index is 197. The molecule has 0 spiro atoms. The van der Waals surface area contributed by atoms with Crippen molar-refractivity contribution >= 4 is 7.82 Å². The number of nitrogens with zero attached hydrogens (tertiary/aromatic N) is 1. The maximum Gasteiger partial charge on any atom is 0.469 e. The Hall–Kier alpha value is 0.0300. The van der Waals surface area contributed by atoms with Crippen molar-refractivity contribution in [1.82, 2.24) is 0 Å². The first-order chi connectivity index (χ1) is 6.21. The summed E-state index contributed by atoms with van der Waals surface area (Å²) in [5.41, 5.74) is 0. The molecule has 0 radical (unpaired) electrons. The first kappa shape index (κ1) is 14.0. The van der Waals surface area contributed by atoms with E-state index in [-0.39, 0.29) is 13.2 Å². The molecule has 2 N–H and O–H groups in total. The number of hydrogen-bond donors (Lipinski definition) is 2. The van der Waals surface area contributed by atoms with Gasteiger partial charge < -0.3 is 19.0 Å². The smallest absolute Gasteiger partial charge is 0.373 e. The summed E-state index contributed by atoms with van der Waals surface area (Å²) in [5.74, 6) is 0. The molecule has 0 heterocycles. The lowest BCUT2D eigenvalue weighted by atomic mass is 10.5. The van der Waals surface area contributed by atoms with Crippen molar-refractivity contribution in [2.24, 2.45) is 0 Å². The van der Waals surface area contributed by atoms with E-state index in [1.807, 2.05) is 21.1 Å². The van der Waals surface area contributed by atoms with Crippen LogP contribution in [0.25, 0.3) is 0 Å². The molecule has 7 heteroatoms. The molecular formula is C7H19NO5P+. The van der Waals surface area contributed by atoms with Crippen molar-refractivity contribution in [3.8, 4) is 0 Å². The average Bonchev–Trinajstić information content (AvgIpc) is 1.92. The van der Waals surface area contributed by atoms with E-state index in [9.17, 15) is 4.57 Å². The third kappa shape index (κ3) is 12.0. The maximum absolute atomic E-state index is 10.2. The Morgan fingerprint density at radius 3 is 2.14 bits per heavy atom. The van der Waals surface area contributed by atoms with E-state index < -0.39 is 7.82 Å². The summed E-state index contributed by atoms with van der Waals surface area (Å²) >= 11 is 0. The van der Waals surface area contributed by atoms with Gasteiger partial charge in [0.25, 0.3) is 0 Å². The average molecular weight is 228 g/mol. The number of rotatable bonds is 7. The van der Waals surface area contributed by atoms with E-state index in [1.54, 1.807) is 0 Å². The van der Waals surface area contributed by atoms with Gasteiger partial charge in [-0.2, -0.15) is 0 Å². The zero-order valence-electron chi connectivity index (χ0n) is 8.84. The Kier molecular flexibility index (Phi) is 5.81. The van der Waals surface area contributed by atoms with Crippen LogP contribution in [-0.2, 0) is 13.8 Å². The second-order valence-corrected chi connectivity index (χ2v) is 5.19. The Morgan fingerprint density at radius 1 is 1.14 bits per heavy atom. The number of hydrogen-bond acceptors (Lipinski definition) is 3. The minimum Gasteiger partial charge on any atom is -0.373 e. The number of phosphoric acid groups is 1. The fourth-order valence-electron chi connectivity index (χ4n) is 0.656. The first-order valence-corrected chi connectivity index (χ1v) is 5.82. The molecule has 0 rings (SSSR count). The standard InChI is InChI=1S/C7H18NO5P/c1-8(2,3)4-5-12-6-7-13-14(9,10)11/h4-7H2,1-3H3,(H-,9,10,11)/p+1. The van der Waals surface area contributed by atoms with Gasteiger partial charge in [-0.1, -0.05) is 0 Å². The lowest BCUT2D eigenvalue weighted by Crippen LogP contribution is -2.37. The minimum absolute atomic E-state index is 0.0819. The Morgan fingerprint density at radius 2 is 1.71 bits per heavy atom. The van der Waals surface area contributed by atoms with E-state index in [0.717, 1.165) is 11.0 Å². The molecule has 6 nitrogen and oxygen atoms in total. The third-order valence-corrected chi connectivity index (χ3v) is 1.91. The van der Waals surface area contributed by atoms with E-state index in [2.05, 4.69) is 4.52 Å². The second-order valence-electron chi connectivity index (χ2n) is 3.95. The van der Waals surface area contributed by atoms with Crippen LogP contribution in [0.5, 0.6) is 0 Å². The summed E-state index contributed by atoms with van der Waals surface area (Å²) in [6, 6.07) is 0. The van der Waals surface area contributed by atoms with E-state index in [0.29, 0.717) is 6.61 Å². The van der Waals surface area contributed by atoms with Crippen molar-refractivity contribution in [3.63, 3.8) is 0 Å². The lowest BCUT2D eigenvalue weighted by molar-refractivity contribution is -0.870. The van der Waals surface area contributed by atoms with Gasteiger partial charge in [-0.15, -0.1) is 0 Å². The molecular weight excluding hydrogens is 209 g/mol. The normalized spacial score (nSPS) is 13.2. The monoisotopic (exact) mass is 228 g/mol. The van der Waals surface area contributed by atoms with Gasteiger partial charge in [-0.05, 0) is 0 Å². The predicted octanol–water partition coefficient (Wildman–Crippen LogP) is -0.181. The van der Waals surface area contributed by atoms with Crippen LogP contribution in [0, 0.1) is 0 Å². The molecule has 0 aromatic rings. The number of phosphoric ester groups is 1. The summed E-state index contributed by atoms with van der Waals surface area (Å²) < 4.78 is 20.3. The van der Waals surface area contributed by atoms with Gasteiger partial charge in [-0.3, -0.25) is 4.52 Å². The van der Waals surface area contributed by atoms with Crippen LogP contribution in [0.3, 0.4) is 0 Å². The van der Waals surface area contributed by atoms with Gasteiger partial charge >= 0.3 is 7.82 Å². The Balaban J connectivity index is 3.28. The molecule has 0 aliphatic carbocycles. The topological polar surface area (TPSA) is 76.0 Å². The van der Waals surface area contributed by atoms with Crippen LogP contribution in [0.1, 0.15) is 0 Å². The van der Waals surface area contributed by atoms with Crippen LogP contribution in [0.2, 0.25) is 0 Å². The van der Waals surface area contributed by atoms with Crippen molar-refractivity contribution in [2.75, 3.05) is 47.5 Å². The quantitative estimate of drug-likeness (QED) is 0.359. The highest BCUT2D eigenvalue weighted by Crippen LogP contribution is 2.35. The fourth-order valence-corrected chi connectivity index (χ4v) is 0.968. The summed E-state index contributed by atoms with van der Waals surface area (Å²) in [6.45, 7) is 1.51. The van der Waals surface area contributed by atoms with Gasteiger partial charge in [-0.25, -0.2) is 4.57 Å². The molecule has 0 fully saturated rings. The lowest BCUT2D eigenvalue weighted by Gasteiger charge is -2.23.